The van der Waals surface area contributed by atoms with Gasteiger partial charge in [0.15, 0.2) is 11.3 Å². The van der Waals surface area contributed by atoms with Gasteiger partial charge in [0.05, 0.1) is 10.7 Å². The van der Waals surface area contributed by atoms with E-state index in [2.05, 4.69) is 42.4 Å². The van der Waals surface area contributed by atoms with E-state index in [1.54, 1.807) is 12.1 Å². The van der Waals surface area contributed by atoms with Crippen LogP contribution in [0.25, 0.3) is 0 Å². The Morgan fingerprint density at radius 3 is 2.77 bits per heavy atom. The molecule has 0 bridgehead atoms. The molecule has 5 nitrogen and oxygen atoms in total. The van der Waals surface area contributed by atoms with Crippen molar-refractivity contribution in [1.82, 2.24) is 5.43 Å². The summed E-state index contributed by atoms with van der Waals surface area (Å²) in [7, 11) is 0. The SMILES string of the molecule is Cc1cc(C)c(OCC(=O)NN=Cc2ccc(Br)o2)c(Br)c1. The van der Waals surface area contributed by atoms with Gasteiger partial charge in [-0.3, -0.25) is 4.79 Å². The second-order valence-electron chi connectivity index (χ2n) is 4.62. The van der Waals surface area contributed by atoms with Crippen LogP contribution < -0.4 is 10.2 Å². The molecule has 116 valence electrons. The van der Waals surface area contributed by atoms with Gasteiger partial charge in [-0.05, 0) is 75.0 Å². The molecule has 7 heteroatoms. The molecule has 0 saturated carbocycles. The molecule has 0 spiro atoms. The van der Waals surface area contributed by atoms with E-state index >= 15 is 0 Å². The predicted octanol–water partition coefficient (Wildman–Crippen LogP) is 3.95. The number of nitrogens with one attached hydrogen (secondary N) is 1. The lowest BCUT2D eigenvalue weighted by Crippen LogP contribution is -2.24. The number of aryl methyl sites for hydroxylation is 2. The van der Waals surface area contributed by atoms with Gasteiger partial charge >= 0.3 is 0 Å². The maximum Gasteiger partial charge on any atom is 0.277 e. The van der Waals surface area contributed by atoms with Gasteiger partial charge in [-0.25, -0.2) is 5.43 Å². The molecule has 1 aromatic carbocycles. The third-order valence-electron chi connectivity index (χ3n) is 2.70. The van der Waals surface area contributed by atoms with Crippen molar-refractivity contribution in [2.75, 3.05) is 6.61 Å². The summed E-state index contributed by atoms with van der Waals surface area (Å²) >= 11 is 6.61. The molecule has 0 saturated heterocycles. The minimum atomic E-state index is -0.353. The van der Waals surface area contributed by atoms with Crippen molar-refractivity contribution < 1.29 is 13.9 Å². The quantitative estimate of drug-likeness (QED) is 0.578. The molecule has 2 rings (SSSR count). The minimum Gasteiger partial charge on any atom is -0.482 e. The number of ether oxygens (including phenoxy) is 1. The van der Waals surface area contributed by atoms with Gasteiger partial charge in [0.25, 0.3) is 5.91 Å². The predicted molar refractivity (Wildman–Crippen MR) is 91.3 cm³/mol. The Labute approximate surface area is 145 Å². The standard InChI is InChI=1S/C15H14Br2N2O3/c1-9-5-10(2)15(12(16)6-9)21-8-14(20)19-18-7-11-3-4-13(17)22-11/h3-7H,8H2,1-2H3,(H,19,20). The van der Waals surface area contributed by atoms with Crippen LogP contribution in [0.3, 0.4) is 0 Å². The van der Waals surface area contributed by atoms with E-state index in [0.29, 0.717) is 16.2 Å². The fourth-order valence-corrected chi connectivity index (χ4v) is 2.93. The van der Waals surface area contributed by atoms with Crippen molar-refractivity contribution in [1.29, 1.82) is 0 Å². The maximum atomic E-state index is 11.7. The molecule has 22 heavy (non-hydrogen) atoms. The van der Waals surface area contributed by atoms with Crippen LogP contribution in [0.15, 0.2) is 42.9 Å². The van der Waals surface area contributed by atoms with E-state index in [9.17, 15) is 4.79 Å². The van der Waals surface area contributed by atoms with Crippen molar-refractivity contribution in [2.24, 2.45) is 5.10 Å². The second kappa shape index (κ2) is 7.60. The number of carbonyl (C=O) groups excluding carboxylic acids is 1. The molecule has 1 N–H and O–H groups in total. The molecule has 0 aliphatic rings. The normalized spacial score (nSPS) is 10.9. The van der Waals surface area contributed by atoms with Gasteiger partial charge in [0.2, 0.25) is 0 Å². The highest BCUT2D eigenvalue weighted by atomic mass is 79.9. The second-order valence-corrected chi connectivity index (χ2v) is 6.25. The number of halogens is 2. The lowest BCUT2D eigenvalue weighted by Gasteiger charge is -2.11. The fourth-order valence-electron chi connectivity index (χ4n) is 1.82. The summed E-state index contributed by atoms with van der Waals surface area (Å²) in [5.41, 5.74) is 4.46. The number of carbonyl (C=O) groups is 1. The highest BCUT2D eigenvalue weighted by Gasteiger charge is 2.08. The third kappa shape index (κ3) is 4.71. The number of amides is 1. The van der Waals surface area contributed by atoms with Crippen LogP contribution in [0.2, 0.25) is 0 Å². The summed E-state index contributed by atoms with van der Waals surface area (Å²) in [6.07, 6.45) is 1.41. The Hall–Kier alpha value is -1.60. The van der Waals surface area contributed by atoms with Crippen LogP contribution in [-0.2, 0) is 4.79 Å². The maximum absolute atomic E-state index is 11.7. The first-order valence-electron chi connectivity index (χ1n) is 6.42. The number of hydrogen-bond donors (Lipinski definition) is 1. The monoisotopic (exact) mass is 428 g/mol. The van der Waals surface area contributed by atoms with E-state index in [1.807, 2.05) is 26.0 Å². The fraction of sp³-hybridized carbons (Fsp3) is 0.200. The van der Waals surface area contributed by atoms with E-state index in [0.717, 1.165) is 15.6 Å². The van der Waals surface area contributed by atoms with Crippen LogP contribution >= 0.6 is 31.9 Å². The zero-order valence-electron chi connectivity index (χ0n) is 12.0. The summed E-state index contributed by atoms with van der Waals surface area (Å²) < 4.78 is 12.2. The molecule has 0 unspecified atom stereocenters. The van der Waals surface area contributed by atoms with E-state index in [-0.39, 0.29) is 12.5 Å². The molecule has 2 aromatic rings. The van der Waals surface area contributed by atoms with Gasteiger partial charge in [-0.2, -0.15) is 5.10 Å². The van der Waals surface area contributed by atoms with E-state index < -0.39 is 0 Å². The van der Waals surface area contributed by atoms with Crippen LogP contribution in [0.4, 0.5) is 0 Å². The average Bonchev–Trinajstić information content (AvgIpc) is 2.83. The molecule has 0 radical (unpaired) electrons. The number of furan rings is 1. The van der Waals surface area contributed by atoms with Crippen molar-refractivity contribution >= 4 is 44.0 Å². The zero-order chi connectivity index (χ0) is 16.1. The van der Waals surface area contributed by atoms with Crippen LogP contribution in [0, 0.1) is 13.8 Å². The first kappa shape index (κ1) is 16.8. The Morgan fingerprint density at radius 2 is 2.14 bits per heavy atom. The number of benzene rings is 1. The summed E-state index contributed by atoms with van der Waals surface area (Å²) in [5.74, 6) is 0.832. The molecule has 0 atom stereocenters. The third-order valence-corrected chi connectivity index (χ3v) is 3.71. The van der Waals surface area contributed by atoms with Crippen molar-refractivity contribution in [2.45, 2.75) is 13.8 Å². The Bertz CT molecular complexity index is 688. The molecule has 0 aliphatic heterocycles. The summed E-state index contributed by atoms with van der Waals surface area (Å²) in [6.45, 7) is 3.80. The molecular formula is C15H14Br2N2O3. The van der Waals surface area contributed by atoms with Gasteiger partial charge < -0.3 is 9.15 Å². The highest BCUT2D eigenvalue weighted by Crippen LogP contribution is 2.30. The first-order valence-corrected chi connectivity index (χ1v) is 8.01. The first-order chi connectivity index (χ1) is 10.5. The number of nitrogens with zero attached hydrogens (tertiary/aromatic N) is 1. The minimum absolute atomic E-state index is 0.123. The molecule has 1 aromatic heterocycles. The molecule has 0 aliphatic carbocycles. The highest BCUT2D eigenvalue weighted by molar-refractivity contribution is 9.10. The molecule has 1 amide bonds. The zero-order valence-corrected chi connectivity index (χ0v) is 15.2. The van der Waals surface area contributed by atoms with Crippen LogP contribution in [0.5, 0.6) is 5.75 Å². The van der Waals surface area contributed by atoms with Gasteiger partial charge in [0, 0.05) is 0 Å². The van der Waals surface area contributed by atoms with E-state index in [1.165, 1.54) is 6.21 Å². The average molecular weight is 430 g/mol. The summed E-state index contributed by atoms with van der Waals surface area (Å²) in [4.78, 5) is 11.7. The Kier molecular flexibility index (Phi) is 5.79. The Morgan fingerprint density at radius 1 is 1.36 bits per heavy atom. The van der Waals surface area contributed by atoms with Crippen molar-refractivity contribution in [3.05, 3.63) is 50.3 Å². The topological polar surface area (TPSA) is 63.8 Å². The van der Waals surface area contributed by atoms with Gasteiger partial charge in [-0.15, -0.1) is 0 Å². The summed E-state index contributed by atoms with van der Waals surface area (Å²) in [5, 5.41) is 3.80. The molecular weight excluding hydrogens is 416 g/mol. The number of rotatable bonds is 5. The van der Waals surface area contributed by atoms with Crippen LogP contribution in [0.1, 0.15) is 16.9 Å². The van der Waals surface area contributed by atoms with Gasteiger partial charge in [-0.1, -0.05) is 6.07 Å². The van der Waals surface area contributed by atoms with Crippen LogP contribution in [-0.4, -0.2) is 18.7 Å². The van der Waals surface area contributed by atoms with Crippen molar-refractivity contribution in [3.63, 3.8) is 0 Å². The van der Waals surface area contributed by atoms with Gasteiger partial charge in [0.1, 0.15) is 11.5 Å². The van der Waals surface area contributed by atoms with E-state index in [4.69, 9.17) is 9.15 Å². The Balaban J connectivity index is 1.87. The molecule has 1 heterocycles. The summed E-state index contributed by atoms with van der Waals surface area (Å²) in [6, 6.07) is 7.39. The number of hydrogen-bond acceptors (Lipinski definition) is 4. The molecule has 0 fully saturated rings. The lowest BCUT2D eigenvalue weighted by atomic mass is 10.1. The lowest BCUT2D eigenvalue weighted by molar-refractivity contribution is -0.123. The van der Waals surface area contributed by atoms with Crippen molar-refractivity contribution in [3.8, 4) is 5.75 Å². The smallest absolute Gasteiger partial charge is 0.277 e. The number of hydrazone groups is 1. The largest absolute Gasteiger partial charge is 0.482 e.